The Morgan fingerprint density at radius 1 is 0.846 bits per heavy atom. The molecule has 3 aromatic carbocycles. The number of piperazine rings is 1. The van der Waals surface area contributed by atoms with Gasteiger partial charge in [-0.25, -0.2) is 0 Å². The molecule has 0 aromatic heterocycles. The van der Waals surface area contributed by atoms with Crippen LogP contribution in [0.15, 0.2) is 66.7 Å². The molecular formula is C31H35ClN4O3. The molecule has 1 N–H and O–H groups in total. The summed E-state index contributed by atoms with van der Waals surface area (Å²) in [6, 6.07) is 20.5. The van der Waals surface area contributed by atoms with Crippen LogP contribution in [0.25, 0.3) is 0 Å². The maximum atomic E-state index is 13.8. The summed E-state index contributed by atoms with van der Waals surface area (Å²) in [7, 11) is 1.70. The van der Waals surface area contributed by atoms with E-state index in [-0.39, 0.29) is 11.8 Å². The number of amides is 2. The molecule has 0 spiro atoms. The highest BCUT2D eigenvalue weighted by atomic mass is 35.5. The number of para-hydroxylation sites is 2. The zero-order valence-corrected chi connectivity index (χ0v) is 23.3. The van der Waals surface area contributed by atoms with E-state index in [0.29, 0.717) is 27.8 Å². The average Bonchev–Trinajstić information content (AvgIpc) is 2.97. The predicted molar refractivity (Wildman–Crippen MR) is 158 cm³/mol. The molecule has 0 bridgehead atoms. The van der Waals surface area contributed by atoms with E-state index in [1.807, 2.05) is 41.3 Å². The normalized spacial score (nSPS) is 16.2. The molecule has 0 aliphatic carbocycles. The minimum atomic E-state index is -0.241. The third kappa shape index (κ3) is 6.14. The van der Waals surface area contributed by atoms with E-state index in [0.717, 1.165) is 69.2 Å². The van der Waals surface area contributed by atoms with E-state index in [1.54, 1.807) is 31.4 Å². The summed E-state index contributed by atoms with van der Waals surface area (Å²) in [5.41, 5.74) is 3.72. The lowest BCUT2D eigenvalue weighted by Gasteiger charge is -2.39. The van der Waals surface area contributed by atoms with Gasteiger partial charge >= 0.3 is 0 Å². The fourth-order valence-corrected chi connectivity index (χ4v) is 5.45. The first-order valence-corrected chi connectivity index (χ1v) is 13.9. The summed E-state index contributed by atoms with van der Waals surface area (Å²) in [5, 5.41) is 3.54. The summed E-state index contributed by atoms with van der Waals surface area (Å²) >= 11 is 5.98. The van der Waals surface area contributed by atoms with E-state index < -0.39 is 0 Å². The Morgan fingerprint density at radius 3 is 2.15 bits per heavy atom. The van der Waals surface area contributed by atoms with Gasteiger partial charge in [-0.2, -0.15) is 0 Å². The van der Waals surface area contributed by atoms with Crippen LogP contribution < -0.4 is 19.9 Å². The lowest BCUT2D eigenvalue weighted by atomic mass is 9.98. The number of piperidine rings is 1. The van der Waals surface area contributed by atoms with Gasteiger partial charge in [0.2, 0.25) is 0 Å². The van der Waals surface area contributed by atoms with Gasteiger partial charge in [0.25, 0.3) is 11.8 Å². The first kappa shape index (κ1) is 26.9. The highest BCUT2D eigenvalue weighted by molar-refractivity contribution is 6.30. The molecule has 2 heterocycles. The lowest BCUT2D eigenvalue weighted by Crippen LogP contribution is -2.47. The Balaban J connectivity index is 1.38. The van der Waals surface area contributed by atoms with Crippen molar-refractivity contribution in [2.24, 2.45) is 5.92 Å². The topological polar surface area (TPSA) is 65.1 Å². The molecule has 2 aliphatic heterocycles. The Morgan fingerprint density at radius 2 is 1.49 bits per heavy atom. The number of hydrogen-bond acceptors (Lipinski definition) is 5. The average molecular weight is 547 g/mol. The Labute approximate surface area is 235 Å². The van der Waals surface area contributed by atoms with Gasteiger partial charge in [0, 0.05) is 61.2 Å². The van der Waals surface area contributed by atoms with Gasteiger partial charge in [-0.15, -0.1) is 0 Å². The fourth-order valence-electron chi connectivity index (χ4n) is 5.33. The number of benzene rings is 3. The first-order valence-electron chi connectivity index (χ1n) is 13.6. The van der Waals surface area contributed by atoms with Crippen LogP contribution in [0.1, 0.15) is 40.5 Å². The maximum absolute atomic E-state index is 13.8. The summed E-state index contributed by atoms with van der Waals surface area (Å²) in [6.45, 7) is 6.90. The van der Waals surface area contributed by atoms with E-state index in [9.17, 15) is 9.59 Å². The van der Waals surface area contributed by atoms with Crippen LogP contribution in [0.3, 0.4) is 0 Å². The van der Waals surface area contributed by atoms with Crippen LogP contribution in [0.4, 0.5) is 17.1 Å². The van der Waals surface area contributed by atoms with Crippen LogP contribution in [-0.2, 0) is 0 Å². The minimum absolute atomic E-state index is 0.0200. The summed E-state index contributed by atoms with van der Waals surface area (Å²) in [6.07, 6.45) is 2.01. The molecule has 3 aromatic rings. The van der Waals surface area contributed by atoms with Gasteiger partial charge in [0.15, 0.2) is 0 Å². The zero-order valence-electron chi connectivity index (χ0n) is 22.5. The zero-order chi connectivity index (χ0) is 27.4. The SMILES string of the molecule is COc1ccccc1N1CCN(c2ccc(NC(=O)c3ccc(Cl)cc3)cc2C(=O)N2CCC(C)CC2)CC1. The number of ether oxygens (including phenoxy) is 1. The number of nitrogens with one attached hydrogen (secondary N) is 1. The van der Waals surface area contributed by atoms with Gasteiger partial charge < -0.3 is 24.8 Å². The molecule has 0 unspecified atom stereocenters. The molecule has 2 aliphatic rings. The van der Waals surface area contributed by atoms with Gasteiger partial charge in [0.1, 0.15) is 5.75 Å². The molecule has 5 rings (SSSR count). The fraction of sp³-hybridized carbons (Fsp3) is 0.355. The second-order valence-corrected chi connectivity index (χ2v) is 10.8. The molecular weight excluding hydrogens is 512 g/mol. The number of carbonyl (C=O) groups is 2. The van der Waals surface area contributed by atoms with Crippen molar-refractivity contribution in [1.82, 2.24) is 4.90 Å². The number of nitrogens with zero attached hydrogens (tertiary/aromatic N) is 3. The van der Waals surface area contributed by atoms with E-state index in [4.69, 9.17) is 16.3 Å². The minimum Gasteiger partial charge on any atom is -0.495 e. The monoisotopic (exact) mass is 546 g/mol. The number of methoxy groups -OCH3 is 1. The Kier molecular flexibility index (Phi) is 8.27. The van der Waals surface area contributed by atoms with Gasteiger partial charge in [-0.3, -0.25) is 9.59 Å². The third-order valence-corrected chi connectivity index (χ3v) is 7.96. The maximum Gasteiger partial charge on any atom is 0.256 e. The molecule has 0 radical (unpaired) electrons. The second-order valence-electron chi connectivity index (χ2n) is 10.3. The molecule has 204 valence electrons. The number of hydrogen-bond donors (Lipinski definition) is 1. The van der Waals surface area contributed by atoms with Crippen LogP contribution in [0, 0.1) is 5.92 Å². The number of rotatable bonds is 6. The van der Waals surface area contributed by atoms with Crippen molar-refractivity contribution in [3.8, 4) is 5.75 Å². The smallest absolute Gasteiger partial charge is 0.256 e. The molecule has 7 nitrogen and oxygen atoms in total. The van der Waals surface area contributed by atoms with E-state index in [1.165, 1.54) is 0 Å². The Bertz CT molecular complexity index is 1310. The summed E-state index contributed by atoms with van der Waals surface area (Å²) in [4.78, 5) is 33.3. The highest BCUT2D eigenvalue weighted by Gasteiger charge is 2.27. The number of anilines is 3. The van der Waals surface area contributed by atoms with Crippen molar-refractivity contribution in [1.29, 1.82) is 0 Å². The quantitative estimate of drug-likeness (QED) is 0.423. The van der Waals surface area contributed by atoms with Crippen LogP contribution in [-0.4, -0.2) is 63.1 Å². The Hall–Kier alpha value is -3.71. The van der Waals surface area contributed by atoms with Crippen molar-refractivity contribution in [3.63, 3.8) is 0 Å². The lowest BCUT2D eigenvalue weighted by molar-refractivity contribution is 0.0697. The third-order valence-electron chi connectivity index (χ3n) is 7.71. The molecule has 0 atom stereocenters. The van der Waals surface area contributed by atoms with Crippen LogP contribution in [0.2, 0.25) is 5.02 Å². The van der Waals surface area contributed by atoms with Gasteiger partial charge in [-0.05, 0) is 73.4 Å². The second kappa shape index (κ2) is 12.0. The number of halogens is 1. The molecule has 2 saturated heterocycles. The molecule has 8 heteroatoms. The van der Waals surface area contributed by atoms with Crippen molar-refractivity contribution in [2.45, 2.75) is 19.8 Å². The van der Waals surface area contributed by atoms with Gasteiger partial charge in [-0.1, -0.05) is 30.7 Å². The summed E-state index contributed by atoms with van der Waals surface area (Å²) in [5.74, 6) is 1.27. The van der Waals surface area contributed by atoms with Crippen LogP contribution >= 0.6 is 11.6 Å². The van der Waals surface area contributed by atoms with Crippen molar-refractivity contribution >= 4 is 40.5 Å². The van der Waals surface area contributed by atoms with Crippen LogP contribution in [0.5, 0.6) is 5.75 Å². The summed E-state index contributed by atoms with van der Waals surface area (Å²) < 4.78 is 5.57. The molecule has 2 amide bonds. The highest BCUT2D eigenvalue weighted by Crippen LogP contribution is 2.32. The number of likely N-dealkylation sites (tertiary alicyclic amines) is 1. The van der Waals surface area contributed by atoms with Gasteiger partial charge in [0.05, 0.1) is 18.4 Å². The van der Waals surface area contributed by atoms with Crippen molar-refractivity contribution < 1.29 is 14.3 Å². The first-order chi connectivity index (χ1) is 18.9. The molecule has 0 saturated carbocycles. The predicted octanol–water partition coefficient (Wildman–Crippen LogP) is 5.80. The van der Waals surface area contributed by atoms with E-state index >= 15 is 0 Å². The van der Waals surface area contributed by atoms with Crippen molar-refractivity contribution in [3.05, 3.63) is 82.9 Å². The molecule has 39 heavy (non-hydrogen) atoms. The van der Waals surface area contributed by atoms with E-state index in [2.05, 4.69) is 28.1 Å². The molecule has 2 fully saturated rings. The largest absolute Gasteiger partial charge is 0.495 e. The van der Waals surface area contributed by atoms with Crippen molar-refractivity contribution in [2.75, 3.05) is 61.5 Å². The number of carbonyl (C=O) groups excluding carboxylic acids is 2. The standard InChI is InChI=1S/C31H35ClN4O3/c1-22-13-15-36(16-14-22)31(38)26-21-25(33-30(37)23-7-9-24(32)10-8-23)11-12-27(26)34-17-19-35(20-18-34)28-5-3-4-6-29(28)39-2/h3-12,21-22H,13-20H2,1-2H3,(H,33,37).